The summed E-state index contributed by atoms with van der Waals surface area (Å²) in [6, 6.07) is 10.3. The Morgan fingerprint density at radius 3 is 2.61 bits per heavy atom. The second-order valence-corrected chi connectivity index (χ2v) is 7.57. The third-order valence-electron chi connectivity index (χ3n) is 4.99. The molecule has 4 aromatic rings. The fourth-order valence-corrected chi connectivity index (χ4v) is 3.55. The van der Waals surface area contributed by atoms with Gasteiger partial charge in [0, 0.05) is 23.2 Å². The van der Waals surface area contributed by atoms with E-state index in [0.717, 1.165) is 16.5 Å². The zero-order valence-corrected chi connectivity index (χ0v) is 17.2. The maximum Gasteiger partial charge on any atom is 0.410 e. The molecule has 0 fully saturated rings. The van der Waals surface area contributed by atoms with Crippen molar-refractivity contribution in [2.24, 2.45) is 0 Å². The molecular formula is C22H21N5O4. The predicted molar refractivity (Wildman–Crippen MR) is 116 cm³/mol. The molecule has 0 aliphatic rings. The van der Waals surface area contributed by atoms with Crippen molar-refractivity contribution >= 4 is 22.8 Å². The second kappa shape index (κ2) is 7.60. The van der Waals surface area contributed by atoms with Gasteiger partial charge < -0.3 is 15.3 Å². The number of amides is 1. The van der Waals surface area contributed by atoms with Crippen LogP contribution in [-0.4, -0.2) is 41.4 Å². The molecule has 1 amide bonds. The van der Waals surface area contributed by atoms with Gasteiger partial charge in [-0.2, -0.15) is 0 Å². The van der Waals surface area contributed by atoms with Crippen molar-refractivity contribution in [3.05, 3.63) is 53.7 Å². The van der Waals surface area contributed by atoms with Crippen LogP contribution in [0.3, 0.4) is 0 Å². The molecule has 0 aliphatic heterocycles. The summed E-state index contributed by atoms with van der Waals surface area (Å²) in [5.74, 6) is -0.260. The number of aromatic hydroxyl groups is 2. The number of carbonyl (C=O) groups is 1. The number of carboxylic acid groups (broad SMARTS) is 1. The lowest BCUT2D eigenvalue weighted by atomic mass is 10.0. The first-order valence-electron chi connectivity index (χ1n) is 9.64. The highest BCUT2D eigenvalue weighted by Gasteiger charge is 2.23. The highest BCUT2D eigenvalue weighted by atomic mass is 16.4. The van der Waals surface area contributed by atoms with Gasteiger partial charge in [0.05, 0.1) is 5.52 Å². The van der Waals surface area contributed by atoms with E-state index in [1.165, 1.54) is 10.7 Å². The van der Waals surface area contributed by atoms with E-state index in [4.69, 9.17) is 0 Å². The maximum absolute atomic E-state index is 11.4. The molecule has 0 saturated carbocycles. The van der Waals surface area contributed by atoms with Gasteiger partial charge in [0.2, 0.25) is 0 Å². The molecule has 0 aliphatic carbocycles. The van der Waals surface area contributed by atoms with Crippen LogP contribution in [0.15, 0.2) is 42.6 Å². The molecule has 0 bridgehead atoms. The van der Waals surface area contributed by atoms with Gasteiger partial charge in [-0.1, -0.05) is 31.2 Å². The van der Waals surface area contributed by atoms with Crippen LogP contribution < -0.4 is 5.32 Å². The minimum atomic E-state index is -1.29. The average Bonchev–Trinajstić information content (AvgIpc) is 3.09. The van der Waals surface area contributed by atoms with Crippen LogP contribution in [0.2, 0.25) is 0 Å². The molecular weight excluding hydrogens is 398 g/mol. The van der Waals surface area contributed by atoms with E-state index in [1.807, 2.05) is 39.0 Å². The van der Waals surface area contributed by atoms with Crippen LogP contribution in [0.4, 0.5) is 10.6 Å². The first kappa shape index (κ1) is 20.1. The van der Waals surface area contributed by atoms with Gasteiger partial charge in [0.15, 0.2) is 5.82 Å². The number of nitrogens with one attached hydrogen (secondary N) is 1. The molecule has 2 heterocycles. The molecule has 0 saturated heterocycles. The van der Waals surface area contributed by atoms with E-state index in [1.54, 1.807) is 18.3 Å². The highest BCUT2D eigenvalue weighted by Crippen LogP contribution is 2.39. The number of hydrogen-bond donors (Lipinski definition) is 4. The number of benzene rings is 2. The molecule has 9 nitrogen and oxygen atoms in total. The fourth-order valence-electron chi connectivity index (χ4n) is 3.55. The van der Waals surface area contributed by atoms with Gasteiger partial charge >= 0.3 is 6.09 Å². The van der Waals surface area contributed by atoms with Gasteiger partial charge in [-0.05, 0) is 42.2 Å². The number of nitrogens with zero attached hydrogens (tertiary/aromatic N) is 4. The minimum absolute atomic E-state index is 0.0140. The quantitative estimate of drug-likeness (QED) is 0.385. The van der Waals surface area contributed by atoms with Crippen LogP contribution in [-0.2, 0) is 0 Å². The molecule has 0 spiro atoms. The molecule has 0 atom stereocenters. The smallest absolute Gasteiger partial charge is 0.410 e. The molecule has 9 heteroatoms. The second-order valence-electron chi connectivity index (χ2n) is 7.57. The first-order chi connectivity index (χ1) is 14.8. The van der Waals surface area contributed by atoms with Crippen molar-refractivity contribution in [1.82, 2.24) is 20.0 Å². The Balaban J connectivity index is 2.05. The van der Waals surface area contributed by atoms with E-state index < -0.39 is 6.09 Å². The van der Waals surface area contributed by atoms with Crippen molar-refractivity contribution in [3.8, 4) is 28.4 Å². The van der Waals surface area contributed by atoms with E-state index in [-0.39, 0.29) is 28.9 Å². The third-order valence-corrected chi connectivity index (χ3v) is 4.99. The third kappa shape index (κ3) is 3.61. The number of rotatable bonds is 4. The SMILES string of the molecule is Cc1cnc2cccc(-c3c(NC(=O)O)nnn3-c3cc(C(C)C)c(O)cc3O)c2c1. The number of hydrogen-bond acceptors (Lipinski definition) is 6. The number of anilines is 1. The molecule has 2 aromatic heterocycles. The van der Waals surface area contributed by atoms with Crippen LogP contribution in [0.5, 0.6) is 11.5 Å². The molecule has 2 aromatic carbocycles. The maximum atomic E-state index is 11.4. The summed E-state index contributed by atoms with van der Waals surface area (Å²) in [5, 5.41) is 41.3. The Morgan fingerprint density at radius 2 is 1.90 bits per heavy atom. The topological polar surface area (TPSA) is 133 Å². The number of pyridine rings is 1. The number of fused-ring (bicyclic) bond motifs is 1. The average molecular weight is 419 g/mol. The molecule has 158 valence electrons. The largest absolute Gasteiger partial charge is 0.508 e. The van der Waals surface area contributed by atoms with Gasteiger partial charge in [-0.15, -0.1) is 5.10 Å². The van der Waals surface area contributed by atoms with Crippen LogP contribution in [0.25, 0.3) is 27.8 Å². The summed E-state index contributed by atoms with van der Waals surface area (Å²) < 4.78 is 1.36. The van der Waals surface area contributed by atoms with E-state index >= 15 is 0 Å². The standard InChI is InChI=1S/C22H21N5O4/c1-11(2)14-8-17(19(29)9-18(14)28)27-20(21(25-26-27)24-22(30)31)13-5-4-6-16-15(13)7-12(3)10-23-16/h4-11,24,28-29H,1-3H3,(H,30,31). The summed E-state index contributed by atoms with van der Waals surface area (Å²) in [6.07, 6.45) is 0.458. The van der Waals surface area contributed by atoms with Gasteiger partial charge in [0.1, 0.15) is 22.9 Å². The van der Waals surface area contributed by atoms with Crippen molar-refractivity contribution in [3.63, 3.8) is 0 Å². The Bertz CT molecular complexity index is 1310. The summed E-state index contributed by atoms with van der Waals surface area (Å²) in [4.78, 5) is 15.8. The van der Waals surface area contributed by atoms with Gasteiger partial charge in [-0.25, -0.2) is 9.48 Å². The van der Waals surface area contributed by atoms with Gasteiger partial charge in [0.25, 0.3) is 0 Å². The van der Waals surface area contributed by atoms with E-state index in [9.17, 15) is 20.1 Å². The van der Waals surface area contributed by atoms with Crippen molar-refractivity contribution in [2.45, 2.75) is 26.7 Å². The lowest BCUT2D eigenvalue weighted by molar-refractivity contribution is 0.209. The fraction of sp³-hybridized carbons (Fsp3) is 0.182. The summed E-state index contributed by atoms with van der Waals surface area (Å²) >= 11 is 0. The van der Waals surface area contributed by atoms with Crippen molar-refractivity contribution in [2.75, 3.05) is 5.32 Å². The summed E-state index contributed by atoms with van der Waals surface area (Å²) in [7, 11) is 0. The Labute approximate surface area is 177 Å². The van der Waals surface area contributed by atoms with E-state index in [2.05, 4.69) is 20.6 Å². The van der Waals surface area contributed by atoms with Crippen molar-refractivity contribution < 1.29 is 20.1 Å². The Kier molecular flexibility index (Phi) is 4.94. The predicted octanol–water partition coefficient (Wildman–Crippen LogP) is 4.42. The Hall–Kier alpha value is -4.14. The normalized spacial score (nSPS) is 11.2. The number of aromatic nitrogens is 4. The van der Waals surface area contributed by atoms with Crippen LogP contribution >= 0.6 is 0 Å². The number of phenols is 2. The minimum Gasteiger partial charge on any atom is -0.508 e. The monoisotopic (exact) mass is 419 g/mol. The molecule has 4 N–H and O–H groups in total. The zero-order chi connectivity index (χ0) is 22.3. The highest BCUT2D eigenvalue weighted by molar-refractivity contribution is 5.99. The lowest BCUT2D eigenvalue weighted by Gasteiger charge is -2.15. The Morgan fingerprint density at radius 1 is 1.13 bits per heavy atom. The molecule has 0 unspecified atom stereocenters. The molecule has 4 rings (SSSR count). The summed E-state index contributed by atoms with van der Waals surface area (Å²) in [5.41, 5.74) is 3.51. The summed E-state index contributed by atoms with van der Waals surface area (Å²) in [6.45, 7) is 5.74. The first-order valence-corrected chi connectivity index (χ1v) is 9.64. The lowest BCUT2D eigenvalue weighted by Crippen LogP contribution is -2.09. The van der Waals surface area contributed by atoms with Crippen LogP contribution in [0.1, 0.15) is 30.9 Å². The number of phenolic OH excluding ortho intramolecular Hbond substituents is 2. The van der Waals surface area contributed by atoms with Crippen molar-refractivity contribution in [1.29, 1.82) is 0 Å². The van der Waals surface area contributed by atoms with E-state index in [0.29, 0.717) is 16.8 Å². The molecule has 31 heavy (non-hydrogen) atoms. The molecule has 0 radical (unpaired) electrons. The zero-order valence-electron chi connectivity index (χ0n) is 17.2. The van der Waals surface area contributed by atoms with Crippen LogP contribution in [0, 0.1) is 6.92 Å². The van der Waals surface area contributed by atoms with Gasteiger partial charge in [-0.3, -0.25) is 10.3 Å². The number of aryl methyl sites for hydroxylation is 1.